The third-order valence-electron chi connectivity index (χ3n) is 4.91. The third-order valence-corrected chi connectivity index (χ3v) is 5.97. The average Bonchev–Trinajstić information content (AvgIpc) is 3.16. The first-order valence-electron chi connectivity index (χ1n) is 8.15. The number of rotatable bonds is 3. The van der Waals surface area contributed by atoms with E-state index in [1.807, 2.05) is 4.90 Å². The SMILES string of the molecule is CCc1csc(C2CCCN(C(=O)C3(N)CCCC3)C2)n1. The molecule has 5 heteroatoms. The highest BCUT2D eigenvalue weighted by Crippen LogP contribution is 2.33. The van der Waals surface area contributed by atoms with E-state index in [2.05, 4.69) is 12.3 Å². The van der Waals surface area contributed by atoms with Gasteiger partial charge in [0.15, 0.2) is 0 Å². The summed E-state index contributed by atoms with van der Waals surface area (Å²) >= 11 is 1.75. The molecular formula is C16H25N3OS. The van der Waals surface area contributed by atoms with E-state index in [1.54, 1.807) is 11.3 Å². The highest BCUT2D eigenvalue weighted by molar-refractivity contribution is 7.09. The standard InChI is InChI=1S/C16H25N3OS/c1-2-13-11-21-14(18-13)12-6-5-9-19(10-12)15(20)16(17)7-3-4-8-16/h11-12H,2-10,17H2,1H3. The van der Waals surface area contributed by atoms with Crippen molar-refractivity contribution < 1.29 is 4.79 Å². The summed E-state index contributed by atoms with van der Waals surface area (Å²) in [4.78, 5) is 19.5. The normalized spacial score (nSPS) is 25.2. The number of nitrogens with zero attached hydrogens (tertiary/aromatic N) is 2. The van der Waals surface area contributed by atoms with Crippen molar-refractivity contribution in [3.63, 3.8) is 0 Å². The van der Waals surface area contributed by atoms with Crippen LogP contribution in [-0.2, 0) is 11.2 Å². The lowest BCUT2D eigenvalue weighted by molar-refractivity contribution is -0.138. The zero-order valence-corrected chi connectivity index (χ0v) is 13.6. The molecule has 1 saturated carbocycles. The van der Waals surface area contributed by atoms with E-state index < -0.39 is 5.54 Å². The maximum Gasteiger partial charge on any atom is 0.242 e. The lowest BCUT2D eigenvalue weighted by atomic mass is 9.93. The van der Waals surface area contributed by atoms with Crippen LogP contribution in [0.2, 0.25) is 0 Å². The van der Waals surface area contributed by atoms with Gasteiger partial charge in [0.25, 0.3) is 0 Å². The van der Waals surface area contributed by atoms with Crippen molar-refractivity contribution in [2.75, 3.05) is 13.1 Å². The molecule has 2 N–H and O–H groups in total. The van der Waals surface area contributed by atoms with Crippen LogP contribution in [0.3, 0.4) is 0 Å². The summed E-state index contributed by atoms with van der Waals surface area (Å²) in [6.45, 7) is 3.79. The second kappa shape index (κ2) is 6.05. The van der Waals surface area contributed by atoms with Crippen LogP contribution < -0.4 is 5.73 Å². The molecule has 1 unspecified atom stereocenters. The zero-order valence-electron chi connectivity index (χ0n) is 12.8. The maximum absolute atomic E-state index is 12.7. The predicted molar refractivity (Wildman–Crippen MR) is 85.4 cm³/mol. The van der Waals surface area contributed by atoms with Gasteiger partial charge in [-0.15, -0.1) is 11.3 Å². The number of thiazole rings is 1. The summed E-state index contributed by atoms with van der Waals surface area (Å²) in [5.74, 6) is 0.579. The molecule has 1 aromatic heterocycles. The molecule has 0 spiro atoms. The van der Waals surface area contributed by atoms with Crippen LogP contribution in [-0.4, -0.2) is 34.4 Å². The molecule has 1 aliphatic heterocycles. The van der Waals surface area contributed by atoms with Crippen molar-refractivity contribution >= 4 is 17.2 Å². The van der Waals surface area contributed by atoms with E-state index in [0.717, 1.165) is 58.0 Å². The van der Waals surface area contributed by atoms with Crippen molar-refractivity contribution in [3.05, 3.63) is 16.1 Å². The van der Waals surface area contributed by atoms with Crippen molar-refractivity contribution in [1.29, 1.82) is 0 Å². The number of nitrogens with two attached hydrogens (primary N) is 1. The van der Waals surface area contributed by atoms with Gasteiger partial charge in [-0.3, -0.25) is 4.79 Å². The topological polar surface area (TPSA) is 59.2 Å². The number of likely N-dealkylation sites (tertiary alicyclic amines) is 1. The second-order valence-corrected chi connectivity index (χ2v) is 7.37. The Morgan fingerprint density at radius 2 is 2.24 bits per heavy atom. The molecule has 0 radical (unpaired) electrons. The van der Waals surface area contributed by atoms with Crippen LogP contribution in [0.15, 0.2) is 5.38 Å². The summed E-state index contributed by atoms with van der Waals surface area (Å²) in [7, 11) is 0. The maximum atomic E-state index is 12.7. The number of aryl methyl sites for hydroxylation is 1. The number of piperidine rings is 1. The molecule has 2 fully saturated rings. The molecule has 4 nitrogen and oxygen atoms in total. The Bertz CT molecular complexity index is 507. The Morgan fingerprint density at radius 1 is 1.48 bits per heavy atom. The summed E-state index contributed by atoms with van der Waals surface area (Å²) < 4.78 is 0. The summed E-state index contributed by atoms with van der Waals surface area (Å²) in [5.41, 5.74) is 6.93. The summed E-state index contributed by atoms with van der Waals surface area (Å²) in [6.07, 6.45) is 7.06. The van der Waals surface area contributed by atoms with E-state index >= 15 is 0 Å². The van der Waals surface area contributed by atoms with Gasteiger partial charge >= 0.3 is 0 Å². The molecule has 1 saturated heterocycles. The fraction of sp³-hybridized carbons (Fsp3) is 0.750. The first-order chi connectivity index (χ1) is 10.1. The van der Waals surface area contributed by atoms with E-state index in [4.69, 9.17) is 10.7 Å². The quantitative estimate of drug-likeness (QED) is 0.934. The van der Waals surface area contributed by atoms with Crippen LogP contribution in [0, 0.1) is 0 Å². The fourth-order valence-corrected chi connectivity index (χ4v) is 4.60. The van der Waals surface area contributed by atoms with Gasteiger partial charge in [-0.05, 0) is 32.1 Å². The zero-order chi connectivity index (χ0) is 14.9. The number of aromatic nitrogens is 1. The first kappa shape index (κ1) is 15.0. The Kier molecular flexibility index (Phi) is 4.31. The number of amides is 1. The van der Waals surface area contributed by atoms with Crippen molar-refractivity contribution in [1.82, 2.24) is 9.88 Å². The Labute approximate surface area is 130 Å². The van der Waals surface area contributed by atoms with Crippen LogP contribution in [0.25, 0.3) is 0 Å². The van der Waals surface area contributed by atoms with Gasteiger partial charge in [-0.2, -0.15) is 0 Å². The minimum atomic E-state index is -0.584. The first-order valence-corrected chi connectivity index (χ1v) is 9.03. The molecule has 1 aliphatic carbocycles. The molecule has 1 amide bonds. The highest BCUT2D eigenvalue weighted by Gasteiger charge is 2.41. The summed E-state index contributed by atoms with van der Waals surface area (Å²) in [6, 6.07) is 0. The van der Waals surface area contributed by atoms with E-state index in [0.29, 0.717) is 5.92 Å². The number of carbonyl (C=O) groups is 1. The number of carbonyl (C=O) groups excluding carboxylic acids is 1. The molecule has 0 aromatic carbocycles. The van der Waals surface area contributed by atoms with E-state index in [1.165, 1.54) is 10.7 Å². The number of hydrogen-bond acceptors (Lipinski definition) is 4. The average molecular weight is 307 g/mol. The molecular weight excluding hydrogens is 282 g/mol. The monoisotopic (exact) mass is 307 g/mol. The van der Waals surface area contributed by atoms with Crippen molar-refractivity contribution in [3.8, 4) is 0 Å². The molecule has 3 rings (SSSR count). The third kappa shape index (κ3) is 2.99. The summed E-state index contributed by atoms with van der Waals surface area (Å²) in [5, 5.41) is 3.35. The van der Waals surface area contributed by atoms with Crippen molar-refractivity contribution in [2.45, 2.75) is 63.3 Å². The van der Waals surface area contributed by atoms with Gasteiger partial charge in [-0.25, -0.2) is 4.98 Å². The van der Waals surface area contributed by atoms with Gasteiger partial charge in [0.1, 0.15) is 0 Å². The van der Waals surface area contributed by atoms with Gasteiger partial charge in [0, 0.05) is 24.4 Å². The molecule has 21 heavy (non-hydrogen) atoms. The number of hydrogen-bond donors (Lipinski definition) is 1. The lowest BCUT2D eigenvalue weighted by Crippen LogP contribution is -2.55. The molecule has 1 aromatic rings. The molecule has 1 atom stereocenters. The van der Waals surface area contributed by atoms with Gasteiger partial charge in [0.2, 0.25) is 5.91 Å². The van der Waals surface area contributed by atoms with Gasteiger partial charge < -0.3 is 10.6 Å². The van der Waals surface area contributed by atoms with Crippen LogP contribution in [0.4, 0.5) is 0 Å². The van der Waals surface area contributed by atoms with Gasteiger partial charge in [-0.1, -0.05) is 19.8 Å². The Hall–Kier alpha value is -0.940. The second-order valence-electron chi connectivity index (χ2n) is 6.48. The minimum Gasteiger partial charge on any atom is -0.340 e. The molecule has 116 valence electrons. The largest absolute Gasteiger partial charge is 0.340 e. The van der Waals surface area contributed by atoms with E-state index in [9.17, 15) is 4.79 Å². The van der Waals surface area contributed by atoms with Crippen LogP contribution >= 0.6 is 11.3 Å². The Balaban J connectivity index is 1.69. The van der Waals surface area contributed by atoms with Crippen LogP contribution in [0.1, 0.15) is 62.1 Å². The minimum absolute atomic E-state index is 0.178. The van der Waals surface area contributed by atoms with Crippen molar-refractivity contribution in [2.24, 2.45) is 5.73 Å². The smallest absolute Gasteiger partial charge is 0.242 e. The van der Waals surface area contributed by atoms with E-state index in [-0.39, 0.29) is 5.91 Å². The van der Waals surface area contributed by atoms with Crippen LogP contribution in [0.5, 0.6) is 0 Å². The molecule has 2 heterocycles. The molecule has 0 bridgehead atoms. The molecule has 2 aliphatic rings. The highest BCUT2D eigenvalue weighted by atomic mass is 32.1. The predicted octanol–water partition coefficient (Wildman–Crippen LogP) is 2.68. The fourth-order valence-electron chi connectivity index (χ4n) is 3.57. The Morgan fingerprint density at radius 3 is 2.90 bits per heavy atom. The lowest BCUT2D eigenvalue weighted by Gasteiger charge is -2.36. The van der Waals surface area contributed by atoms with Gasteiger partial charge in [0.05, 0.1) is 16.2 Å².